The first-order chi connectivity index (χ1) is 7.95. The topological polar surface area (TPSA) is 95.6 Å². The number of likely N-dealkylation sites (N-methyl/N-ethyl adjacent to an activating group) is 1. The minimum Gasteiger partial charge on any atom is -0.326 e. The molecular formula is C9H12ClN3O4. The summed E-state index contributed by atoms with van der Waals surface area (Å²) in [5.41, 5.74) is 0. The molecule has 0 aromatic rings. The van der Waals surface area contributed by atoms with E-state index >= 15 is 0 Å². The molecule has 1 heterocycles. The normalized spacial score (nSPS) is 20.1. The fourth-order valence-electron chi connectivity index (χ4n) is 1.40. The minimum absolute atomic E-state index is 0.177. The monoisotopic (exact) mass is 261 g/mol. The Hall–Kier alpha value is -1.63. The zero-order chi connectivity index (χ0) is 13.0. The Morgan fingerprint density at radius 1 is 1.47 bits per heavy atom. The molecule has 7 nitrogen and oxygen atoms in total. The minimum atomic E-state index is -0.795. The molecule has 2 N–H and O–H groups in total. The zero-order valence-corrected chi connectivity index (χ0v) is 9.91. The molecule has 17 heavy (non-hydrogen) atoms. The van der Waals surface area contributed by atoms with Crippen LogP contribution in [0.3, 0.4) is 0 Å². The first-order valence-electron chi connectivity index (χ1n) is 4.92. The van der Waals surface area contributed by atoms with Crippen molar-refractivity contribution >= 4 is 35.4 Å². The third-order valence-corrected chi connectivity index (χ3v) is 2.57. The molecule has 8 heteroatoms. The molecule has 0 aromatic heterocycles. The van der Waals surface area contributed by atoms with Crippen LogP contribution in [-0.4, -0.2) is 47.6 Å². The van der Waals surface area contributed by atoms with Crippen LogP contribution in [0.4, 0.5) is 4.79 Å². The fraction of sp³-hybridized carbons (Fsp3) is 0.556. The highest BCUT2D eigenvalue weighted by Crippen LogP contribution is 2.10. The SMILES string of the molecule is CN1C(=O)CCC(NC(=O)NC(=O)CCl)C1=O. The second-order valence-electron chi connectivity index (χ2n) is 3.54. The van der Waals surface area contributed by atoms with Crippen LogP contribution in [0.15, 0.2) is 0 Å². The van der Waals surface area contributed by atoms with Crippen molar-refractivity contribution < 1.29 is 19.2 Å². The van der Waals surface area contributed by atoms with Gasteiger partial charge in [0.1, 0.15) is 11.9 Å². The van der Waals surface area contributed by atoms with Crippen LogP contribution >= 0.6 is 11.6 Å². The summed E-state index contributed by atoms with van der Waals surface area (Å²) in [5, 5.41) is 4.26. The Morgan fingerprint density at radius 2 is 2.12 bits per heavy atom. The van der Waals surface area contributed by atoms with E-state index < -0.39 is 23.9 Å². The van der Waals surface area contributed by atoms with Crippen molar-refractivity contribution in [1.82, 2.24) is 15.5 Å². The number of amides is 5. The summed E-state index contributed by atoms with van der Waals surface area (Å²) in [6.45, 7) is 0. The van der Waals surface area contributed by atoms with Crippen molar-refractivity contribution in [3.8, 4) is 0 Å². The van der Waals surface area contributed by atoms with Gasteiger partial charge in [-0.3, -0.25) is 24.6 Å². The highest BCUT2D eigenvalue weighted by atomic mass is 35.5. The van der Waals surface area contributed by atoms with E-state index in [9.17, 15) is 19.2 Å². The van der Waals surface area contributed by atoms with Crippen LogP contribution in [0.2, 0.25) is 0 Å². The number of nitrogens with one attached hydrogen (secondary N) is 2. The summed E-state index contributed by atoms with van der Waals surface area (Å²) in [7, 11) is 1.35. The number of carbonyl (C=O) groups is 4. The lowest BCUT2D eigenvalue weighted by molar-refractivity contribution is -0.147. The zero-order valence-electron chi connectivity index (χ0n) is 9.16. The van der Waals surface area contributed by atoms with Gasteiger partial charge in [-0.1, -0.05) is 0 Å². The van der Waals surface area contributed by atoms with Gasteiger partial charge in [-0.2, -0.15) is 0 Å². The van der Waals surface area contributed by atoms with E-state index in [0.29, 0.717) is 0 Å². The van der Waals surface area contributed by atoms with E-state index in [2.05, 4.69) is 5.32 Å². The number of halogens is 1. The maximum absolute atomic E-state index is 11.6. The summed E-state index contributed by atoms with van der Waals surface area (Å²) in [4.78, 5) is 45.8. The van der Waals surface area contributed by atoms with E-state index in [-0.39, 0.29) is 24.6 Å². The molecule has 1 atom stereocenters. The van der Waals surface area contributed by atoms with Crippen LogP contribution in [-0.2, 0) is 14.4 Å². The van der Waals surface area contributed by atoms with Gasteiger partial charge >= 0.3 is 6.03 Å². The number of nitrogens with zero attached hydrogens (tertiary/aromatic N) is 1. The Kier molecular flexibility index (Phi) is 4.45. The lowest BCUT2D eigenvalue weighted by atomic mass is 10.1. The van der Waals surface area contributed by atoms with Gasteiger partial charge in [0.05, 0.1) is 0 Å². The number of alkyl halides is 1. The van der Waals surface area contributed by atoms with Gasteiger partial charge < -0.3 is 5.32 Å². The number of hydrogen-bond donors (Lipinski definition) is 2. The van der Waals surface area contributed by atoms with Gasteiger partial charge in [0, 0.05) is 13.5 Å². The number of rotatable bonds is 2. The van der Waals surface area contributed by atoms with Gasteiger partial charge in [0.25, 0.3) is 5.91 Å². The van der Waals surface area contributed by atoms with E-state index in [0.717, 1.165) is 4.90 Å². The van der Waals surface area contributed by atoms with Crippen LogP contribution in [0.5, 0.6) is 0 Å². The molecule has 0 radical (unpaired) electrons. The molecule has 0 aliphatic carbocycles. The molecule has 0 spiro atoms. The van der Waals surface area contributed by atoms with E-state index in [1.807, 2.05) is 5.32 Å². The first kappa shape index (κ1) is 13.4. The lowest BCUT2D eigenvalue weighted by Crippen LogP contribution is -2.55. The molecule has 0 aromatic carbocycles. The number of hydrogen-bond acceptors (Lipinski definition) is 4. The van der Waals surface area contributed by atoms with Crippen molar-refractivity contribution in [3.63, 3.8) is 0 Å². The Labute approximate surface area is 102 Å². The standard InChI is InChI=1S/C9H12ClN3O4/c1-13-7(15)3-2-5(8(13)16)11-9(17)12-6(14)4-10/h5H,2-4H2,1H3,(H2,11,12,14,17). The summed E-state index contributed by atoms with van der Waals surface area (Å²) < 4.78 is 0. The Balaban J connectivity index is 2.52. The number of piperidine rings is 1. The predicted molar refractivity (Wildman–Crippen MR) is 58.2 cm³/mol. The van der Waals surface area contributed by atoms with Gasteiger partial charge in [-0.15, -0.1) is 11.6 Å². The highest BCUT2D eigenvalue weighted by Gasteiger charge is 2.32. The highest BCUT2D eigenvalue weighted by molar-refractivity contribution is 6.28. The quantitative estimate of drug-likeness (QED) is 0.502. The van der Waals surface area contributed by atoms with Crippen LogP contribution in [0, 0.1) is 0 Å². The molecule has 0 bridgehead atoms. The smallest absolute Gasteiger partial charge is 0.322 e. The molecule has 94 valence electrons. The van der Waals surface area contributed by atoms with Crippen molar-refractivity contribution in [2.24, 2.45) is 0 Å². The molecule has 5 amide bonds. The van der Waals surface area contributed by atoms with Crippen molar-refractivity contribution in [3.05, 3.63) is 0 Å². The summed E-state index contributed by atoms with van der Waals surface area (Å²) >= 11 is 5.20. The largest absolute Gasteiger partial charge is 0.326 e. The van der Waals surface area contributed by atoms with Crippen molar-refractivity contribution in [1.29, 1.82) is 0 Å². The van der Waals surface area contributed by atoms with Gasteiger partial charge in [0.15, 0.2) is 0 Å². The third kappa shape index (κ3) is 3.42. The van der Waals surface area contributed by atoms with E-state index in [1.54, 1.807) is 0 Å². The summed E-state index contributed by atoms with van der Waals surface area (Å²) in [6, 6.07) is -1.59. The Morgan fingerprint density at radius 3 is 2.71 bits per heavy atom. The second kappa shape index (κ2) is 5.62. The number of imide groups is 2. The summed E-state index contributed by atoms with van der Waals surface area (Å²) in [5.74, 6) is -1.78. The molecule has 1 unspecified atom stereocenters. The first-order valence-corrected chi connectivity index (χ1v) is 5.46. The van der Waals surface area contributed by atoms with E-state index in [4.69, 9.17) is 11.6 Å². The number of urea groups is 1. The third-order valence-electron chi connectivity index (χ3n) is 2.33. The average molecular weight is 262 g/mol. The second-order valence-corrected chi connectivity index (χ2v) is 3.80. The number of carbonyl (C=O) groups excluding carboxylic acids is 4. The fourth-order valence-corrected chi connectivity index (χ4v) is 1.47. The molecule has 1 fully saturated rings. The number of likely N-dealkylation sites (tertiary alicyclic amines) is 1. The summed E-state index contributed by atoms with van der Waals surface area (Å²) in [6.07, 6.45) is 0.404. The van der Waals surface area contributed by atoms with Gasteiger partial charge in [0.2, 0.25) is 11.8 Å². The Bertz CT molecular complexity index is 371. The van der Waals surface area contributed by atoms with Gasteiger partial charge in [-0.25, -0.2) is 4.79 Å². The van der Waals surface area contributed by atoms with Crippen LogP contribution < -0.4 is 10.6 Å². The lowest BCUT2D eigenvalue weighted by Gasteiger charge is -2.27. The molecule has 1 aliphatic rings. The van der Waals surface area contributed by atoms with Gasteiger partial charge in [-0.05, 0) is 6.42 Å². The van der Waals surface area contributed by atoms with Crippen molar-refractivity contribution in [2.75, 3.05) is 12.9 Å². The molecule has 1 rings (SSSR count). The molecule has 0 saturated carbocycles. The molecule has 1 aliphatic heterocycles. The maximum atomic E-state index is 11.6. The van der Waals surface area contributed by atoms with Crippen LogP contribution in [0.1, 0.15) is 12.8 Å². The molecule has 1 saturated heterocycles. The van der Waals surface area contributed by atoms with Crippen molar-refractivity contribution in [2.45, 2.75) is 18.9 Å². The van der Waals surface area contributed by atoms with E-state index in [1.165, 1.54) is 7.05 Å². The molecular weight excluding hydrogens is 250 g/mol. The predicted octanol–water partition coefficient (Wildman–Crippen LogP) is -0.802. The average Bonchev–Trinajstić information content (AvgIpc) is 2.29. The maximum Gasteiger partial charge on any atom is 0.322 e. The van der Waals surface area contributed by atoms with Crippen LogP contribution in [0.25, 0.3) is 0 Å².